The maximum absolute atomic E-state index is 12.8. The van der Waals surface area contributed by atoms with Crippen LogP contribution in [0.4, 0.5) is 5.69 Å². The zero-order chi connectivity index (χ0) is 18.6. The Labute approximate surface area is 158 Å². The van der Waals surface area contributed by atoms with E-state index in [9.17, 15) is 4.79 Å². The highest BCUT2D eigenvalue weighted by atomic mass is 16.5. The number of aromatic amines is 1. The number of nitrogens with one attached hydrogen (secondary N) is 2. The average Bonchev–Trinajstić information content (AvgIpc) is 3.24. The summed E-state index contributed by atoms with van der Waals surface area (Å²) in [6, 6.07) is 19.5. The average molecular weight is 362 g/mol. The summed E-state index contributed by atoms with van der Waals surface area (Å²) in [6.07, 6.45) is 0.0647. The van der Waals surface area contributed by atoms with Crippen LogP contribution in [0.5, 0.6) is 0 Å². The first-order chi connectivity index (χ1) is 13.2. The summed E-state index contributed by atoms with van der Waals surface area (Å²) in [5.41, 5.74) is 4.12. The van der Waals surface area contributed by atoms with Gasteiger partial charge in [-0.25, -0.2) is 0 Å². The van der Waals surface area contributed by atoms with Gasteiger partial charge in [0.1, 0.15) is 5.69 Å². The van der Waals surface area contributed by atoms with Crippen LogP contribution in [-0.4, -0.2) is 42.8 Å². The summed E-state index contributed by atoms with van der Waals surface area (Å²) in [5, 5.41) is 10.4. The fourth-order valence-corrected chi connectivity index (χ4v) is 3.18. The molecule has 1 saturated heterocycles. The maximum atomic E-state index is 12.8. The molecule has 1 fully saturated rings. The molecular formula is C21H22N4O2. The number of hydrogen-bond donors (Lipinski definition) is 2. The predicted octanol–water partition coefficient (Wildman–Crippen LogP) is 3.01. The molecule has 6 nitrogen and oxygen atoms in total. The number of morpholine rings is 1. The topological polar surface area (TPSA) is 70.2 Å². The largest absolute Gasteiger partial charge is 0.371 e. The molecule has 0 saturated carbocycles. The monoisotopic (exact) mass is 362 g/mol. The van der Waals surface area contributed by atoms with Gasteiger partial charge in [0.05, 0.1) is 18.4 Å². The van der Waals surface area contributed by atoms with E-state index in [2.05, 4.69) is 15.5 Å². The van der Waals surface area contributed by atoms with Gasteiger partial charge in [0.15, 0.2) is 0 Å². The molecule has 0 bridgehead atoms. The van der Waals surface area contributed by atoms with Gasteiger partial charge in [-0.2, -0.15) is 5.10 Å². The first-order valence-corrected chi connectivity index (χ1v) is 9.03. The Balaban J connectivity index is 1.48. The van der Waals surface area contributed by atoms with Crippen LogP contribution < -0.4 is 10.2 Å². The highest BCUT2D eigenvalue weighted by molar-refractivity contribution is 6.04. The van der Waals surface area contributed by atoms with Crippen molar-refractivity contribution in [3.63, 3.8) is 0 Å². The maximum Gasteiger partial charge on any atom is 0.276 e. The van der Waals surface area contributed by atoms with E-state index in [1.165, 1.54) is 0 Å². The summed E-state index contributed by atoms with van der Waals surface area (Å²) in [6.45, 7) is 2.42. The van der Waals surface area contributed by atoms with Gasteiger partial charge in [0, 0.05) is 31.4 Å². The van der Waals surface area contributed by atoms with E-state index in [0.717, 1.165) is 35.6 Å². The Bertz CT molecular complexity index is 899. The molecule has 4 rings (SSSR count). The second-order valence-corrected chi connectivity index (χ2v) is 6.55. The van der Waals surface area contributed by atoms with E-state index >= 15 is 0 Å². The number of carbonyl (C=O) groups is 1. The van der Waals surface area contributed by atoms with E-state index < -0.39 is 0 Å². The van der Waals surface area contributed by atoms with Crippen molar-refractivity contribution < 1.29 is 9.53 Å². The fraction of sp³-hybridized carbons (Fsp3) is 0.238. The summed E-state index contributed by atoms with van der Waals surface area (Å²) in [4.78, 5) is 14.4. The third-order valence-corrected chi connectivity index (χ3v) is 4.76. The Hall–Kier alpha value is -2.96. The van der Waals surface area contributed by atoms with Crippen molar-refractivity contribution in [2.45, 2.75) is 6.10 Å². The van der Waals surface area contributed by atoms with Gasteiger partial charge in [-0.1, -0.05) is 42.5 Å². The van der Waals surface area contributed by atoms with E-state index in [4.69, 9.17) is 4.74 Å². The van der Waals surface area contributed by atoms with Crippen LogP contribution >= 0.6 is 0 Å². The molecule has 1 aliphatic heterocycles. The van der Waals surface area contributed by atoms with Crippen LogP contribution in [0.3, 0.4) is 0 Å². The number of aromatic nitrogens is 2. The molecule has 1 aromatic heterocycles. The summed E-state index contributed by atoms with van der Waals surface area (Å²) >= 11 is 0. The standard InChI is InChI=1S/C21H22N4O2/c1-25(17-9-7-16(8-10-17)20-14-22-11-12-27-20)21(26)19-13-18(23-24-19)15-5-3-2-4-6-15/h2-10,13,20,22H,11-12,14H2,1H3,(H,23,24)/t20-/m1/s1. The molecule has 1 atom stereocenters. The fourth-order valence-electron chi connectivity index (χ4n) is 3.18. The SMILES string of the molecule is CN(C(=O)c1cc(-c2ccccc2)n[nH]1)c1ccc([C@H]2CNCCO2)cc1. The van der Waals surface area contributed by atoms with Crippen molar-refractivity contribution in [3.8, 4) is 11.3 Å². The van der Waals surface area contributed by atoms with Gasteiger partial charge < -0.3 is 15.0 Å². The van der Waals surface area contributed by atoms with Gasteiger partial charge in [-0.05, 0) is 23.8 Å². The number of benzene rings is 2. The van der Waals surface area contributed by atoms with Crippen LogP contribution in [0.25, 0.3) is 11.3 Å². The number of ether oxygens (including phenoxy) is 1. The van der Waals surface area contributed by atoms with Gasteiger partial charge >= 0.3 is 0 Å². The highest BCUT2D eigenvalue weighted by Gasteiger charge is 2.19. The molecule has 27 heavy (non-hydrogen) atoms. The van der Waals surface area contributed by atoms with Crippen molar-refractivity contribution in [1.82, 2.24) is 15.5 Å². The number of H-pyrrole nitrogens is 1. The minimum Gasteiger partial charge on any atom is -0.371 e. The molecule has 2 aromatic carbocycles. The number of nitrogens with zero attached hydrogens (tertiary/aromatic N) is 2. The van der Waals surface area contributed by atoms with Gasteiger partial charge in [0.2, 0.25) is 0 Å². The number of rotatable bonds is 4. The van der Waals surface area contributed by atoms with Gasteiger partial charge in [-0.3, -0.25) is 9.89 Å². The highest BCUT2D eigenvalue weighted by Crippen LogP contribution is 2.23. The molecule has 0 aliphatic carbocycles. The molecular weight excluding hydrogens is 340 g/mol. The van der Waals surface area contributed by atoms with Crippen molar-refractivity contribution in [1.29, 1.82) is 0 Å². The van der Waals surface area contributed by atoms with Crippen molar-refractivity contribution in [3.05, 3.63) is 71.9 Å². The quantitative estimate of drug-likeness (QED) is 0.748. The lowest BCUT2D eigenvalue weighted by atomic mass is 10.1. The third kappa shape index (κ3) is 3.77. The van der Waals surface area contributed by atoms with Crippen LogP contribution in [0.2, 0.25) is 0 Å². The van der Waals surface area contributed by atoms with Gasteiger partial charge in [-0.15, -0.1) is 0 Å². The lowest BCUT2D eigenvalue weighted by Gasteiger charge is -2.24. The molecule has 1 aliphatic rings. The summed E-state index contributed by atoms with van der Waals surface area (Å²) < 4.78 is 5.77. The molecule has 2 heterocycles. The Morgan fingerprint density at radius 1 is 1.15 bits per heavy atom. The van der Waals surface area contributed by atoms with E-state index in [0.29, 0.717) is 12.3 Å². The Kier molecular flexibility index (Phi) is 5.00. The summed E-state index contributed by atoms with van der Waals surface area (Å²) in [7, 11) is 1.76. The molecule has 2 N–H and O–H groups in total. The first kappa shape index (κ1) is 17.5. The minimum atomic E-state index is -0.131. The van der Waals surface area contributed by atoms with Crippen LogP contribution in [0.15, 0.2) is 60.7 Å². The second-order valence-electron chi connectivity index (χ2n) is 6.55. The molecule has 6 heteroatoms. The van der Waals surface area contributed by atoms with Crippen LogP contribution in [-0.2, 0) is 4.74 Å². The van der Waals surface area contributed by atoms with E-state index in [1.54, 1.807) is 18.0 Å². The van der Waals surface area contributed by atoms with Crippen LogP contribution in [0, 0.1) is 0 Å². The molecule has 138 valence electrons. The lowest BCUT2D eigenvalue weighted by molar-refractivity contribution is 0.0277. The number of anilines is 1. The Morgan fingerprint density at radius 3 is 2.63 bits per heavy atom. The second kappa shape index (κ2) is 7.73. The van der Waals surface area contributed by atoms with E-state index in [1.807, 2.05) is 54.6 Å². The molecule has 0 spiro atoms. The smallest absolute Gasteiger partial charge is 0.276 e. The van der Waals surface area contributed by atoms with Crippen molar-refractivity contribution in [2.75, 3.05) is 31.6 Å². The molecule has 0 radical (unpaired) electrons. The zero-order valence-electron chi connectivity index (χ0n) is 15.2. The number of carbonyl (C=O) groups excluding carboxylic acids is 1. The van der Waals surface area contributed by atoms with Crippen LogP contribution in [0.1, 0.15) is 22.2 Å². The van der Waals surface area contributed by atoms with E-state index in [-0.39, 0.29) is 12.0 Å². The predicted molar refractivity (Wildman–Crippen MR) is 105 cm³/mol. The normalized spacial score (nSPS) is 16.9. The summed E-state index contributed by atoms with van der Waals surface area (Å²) in [5.74, 6) is -0.131. The Morgan fingerprint density at radius 2 is 1.93 bits per heavy atom. The molecule has 3 aromatic rings. The lowest BCUT2D eigenvalue weighted by Crippen LogP contribution is -2.33. The first-order valence-electron chi connectivity index (χ1n) is 9.03. The zero-order valence-corrected chi connectivity index (χ0v) is 15.2. The van der Waals surface area contributed by atoms with Gasteiger partial charge in [0.25, 0.3) is 5.91 Å². The number of hydrogen-bond acceptors (Lipinski definition) is 4. The minimum absolute atomic E-state index is 0.0647. The van der Waals surface area contributed by atoms with Crippen molar-refractivity contribution >= 4 is 11.6 Å². The van der Waals surface area contributed by atoms with Crippen molar-refractivity contribution in [2.24, 2.45) is 0 Å². The number of amides is 1. The third-order valence-electron chi connectivity index (χ3n) is 4.76. The molecule has 1 amide bonds. The molecule has 0 unspecified atom stereocenters.